The zero-order valence-electron chi connectivity index (χ0n) is 9.46. The van der Waals surface area contributed by atoms with E-state index in [0.29, 0.717) is 12.1 Å². The van der Waals surface area contributed by atoms with Gasteiger partial charge in [0.1, 0.15) is 4.60 Å². The molecule has 5 heteroatoms. The highest BCUT2D eigenvalue weighted by atomic mass is 79.9. The SMILES string of the molecule is CCCC(N)C(=O)Nc1cnc(Br)c(C)c1. The fourth-order valence-electron chi connectivity index (χ4n) is 1.30. The number of nitrogens with zero attached hydrogens (tertiary/aromatic N) is 1. The standard InChI is InChI=1S/C11H16BrN3O/c1-3-4-9(13)11(16)15-8-5-7(2)10(12)14-6-8/h5-6,9H,3-4,13H2,1-2H3,(H,15,16). The Morgan fingerprint density at radius 2 is 2.38 bits per heavy atom. The molecule has 1 unspecified atom stereocenters. The summed E-state index contributed by atoms with van der Waals surface area (Å²) in [7, 11) is 0. The lowest BCUT2D eigenvalue weighted by Crippen LogP contribution is -2.35. The molecule has 0 spiro atoms. The van der Waals surface area contributed by atoms with Crippen molar-refractivity contribution < 1.29 is 4.79 Å². The number of pyridine rings is 1. The summed E-state index contributed by atoms with van der Waals surface area (Å²) in [6.07, 6.45) is 3.19. The molecule has 0 fully saturated rings. The summed E-state index contributed by atoms with van der Waals surface area (Å²) in [6.45, 7) is 3.91. The number of nitrogens with one attached hydrogen (secondary N) is 1. The van der Waals surface area contributed by atoms with Crippen molar-refractivity contribution >= 4 is 27.5 Å². The second-order valence-electron chi connectivity index (χ2n) is 3.72. The molecule has 1 heterocycles. The Hall–Kier alpha value is -0.940. The molecule has 1 rings (SSSR count). The van der Waals surface area contributed by atoms with Gasteiger partial charge in [-0.25, -0.2) is 4.98 Å². The summed E-state index contributed by atoms with van der Waals surface area (Å²) >= 11 is 3.30. The fourth-order valence-corrected chi connectivity index (χ4v) is 1.52. The summed E-state index contributed by atoms with van der Waals surface area (Å²) in [5.41, 5.74) is 7.35. The first-order valence-corrected chi connectivity index (χ1v) is 6.02. The van der Waals surface area contributed by atoms with Gasteiger partial charge < -0.3 is 11.1 Å². The van der Waals surface area contributed by atoms with Crippen molar-refractivity contribution in [3.63, 3.8) is 0 Å². The van der Waals surface area contributed by atoms with Crippen LogP contribution in [0.25, 0.3) is 0 Å². The quantitative estimate of drug-likeness (QED) is 0.834. The average Bonchev–Trinajstić information content (AvgIpc) is 2.24. The van der Waals surface area contributed by atoms with Gasteiger partial charge in [-0.1, -0.05) is 13.3 Å². The summed E-state index contributed by atoms with van der Waals surface area (Å²) in [5, 5.41) is 2.75. The van der Waals surface area contributed by atoms with Crippen molar-refractivity contribution in [3.05, 3.63) is 22.4 Å². The Morgan fingerprint density at radius 3 is 2.94 bits per heavy atom. The van der Waals surface area contributed by atoms with Crippen LogP contribution in [-0.4, -0.2) is 16.9 Å². The van der Waals surface area contributed by atoms with Gasteiger partial charge in [-0.15, -0.1) is 0 Å². The van der Waals surface area contributed by atoms with Gasteiger partial charge in [-0.3, -0.25) is 4.79 Å². The maximum Gasteiger partial charge on any atom is 0.241 e. The van der Waals surface area contributed by atoms with Crippen molar-refractivity contribution in [2.24, 2.45) is 5.73 Å². The molecule has 0 bridgehead atoms. The minimum Gasteiger partial charge on any atom is -0.323 e. The maximum absolute atomic E-state index is 11.6. The smallest absolute Gasteiger partial charge is 0.241 e. The predicted molar refractivity (Wildman–Crippen MR) is 68.2 cm³/mol. The fraction of sp³-hybridized carbons (Fsp3) is 0.455. The molecule has 16 heavy (non-hydrogen) atoms. The number of carbonyl (C=O) groups excluding carboxylic acids is 1. The Morgan fingerprint density at radius 1 is 1.69 bits per heavy atom. The van der Waals surface area contributed by atoms with Crippen LogP contribution in [0, 0.1) is 6.92 Å². The second kappa shape index (κ2) is 5.96. The molecule has 0 aliphatic carbocycles. The highest BCUT2D eigenvalue weighted by molar-refractivity contribution is 9.10. The number of halogens is 1. The lowest BCUT2D eigenvalue weighted by atomic mass is 10.1. The van der Waals surface area contributed by atoms with E-state index >= 15 is 0 Å². The average molecular weight is 286 g/mol. The molecule has 0 aliphatic heterocycles. The van der Waals surface area contributed by atoms with E-state index in [4.69, 9.17) is 5.73 Å². The molecule has 1 aromatic heterocycles. The summed E-state index contributed by atoms with van der Waals surface area (Å²) < 4.78 is 0.781. The van der Waals surface area contributed by atoms with E-state index in [0.717, 1.165) is 16.6 Å². The summed E-state index contributed by atoms with van der Waals surface area (Å²) in [6, 6.07) is 1.40. The van der Waals surface area contributed by atoms with Crippen molar-refractivity contribution in [3.8, 4) is 0 Å². The van der Waals surface area contributed by atoms with Gasteiger partial charge in [-0.05, 0) is 40.9 Å². The number of aromatic nitrogens is 1. The van der Waals surface area contributed by atoms with Crippen LogP contribution in [0.4, 0.5) is 5.69 Å². The first kappa shape index (κ1) is 13.1. The molecule has 0 saturated heterocycles. The Labute approximate surface area is 104 Å². The molecule has 88 valence electrons. The molecule has 0 aliphatic rings. The van der Waals surface area contributed by atoms with Gasteiger partial charge in [0.05, 0.1) is 17.9 Å². The van der Waals surface area contributed by atoms with E-state index in [1.54, 1.807) is 6.20 Å². The Balaban J connectivity index is 2.66. The lowest BCUT2D eigenvalue weighted by Gasteiger charge is -2.11. The number of hydrogen-bond donors (Lipinski definition) is 2. The highest BCUT2D eigenvalue weighted by Gasteiger charge is 2.12. The number of aryl methyl sites for hydroxylation is 1. The molecule has 1 atom stereocenters. The van der Waals surface area contributed by atoms with Crippen molar-refractivity contribution in [2.75, 3.05) is 5.32 Å². The van der Waals surface area contributed by atoms with Crippen LogP contribution in [0.15, 0.2) is 16.9 Å². The number of rotatable bonds is 4. The third kappa shape index (κ3) is 3.57. The van der Waals surface area contributed by atoms with E-state index in [9.17, 15) is 4.79 Å². The van der Waals surface area contributed by atoms with Crippen molar-refractivity contribution in [1.82, 2.24) is 4.98 Å². The van der Waals surface area contributed by atoms with Crippen LogP contribution in [0.5, 0.6) is 0 Å². The van der Waals surface area contributed by atoms with Gasteiger partial charge in [0, 0.05) is 0 Å². The topological polar surface area (TPSA) is 68.0 Å². The number of nitrogens with two attached hydrogens (primary N) is 1. The summed E-state index contributed by atoms with van der Waals surface area (Å²) in [4.78, 5) is 15.7. The van der Waals surface area contributed by atoms with E-state index < -0.39 is 6.04 Å². The minimum absolute atomic E-state index is 0.162. The number of amides is 1. The largest absolute Gasteiger partial charge is 0.323 e. The molecule has 1 aromatic rings. The van der Waals surface area contributed by atoms with Crippen molar-refractivity contribution in [2.45, 2.75) is 32.7 Å². The number of anilines is 1. The van der Waals surface area contributed by atoms with Gasteiger partial charge >= 0.3 is 0 Å². The van der Waals surface area contributed by atoms with Crippen LogP contribution in [0.2, 0.25) is 0 Å². The van der Waals surface area contributed by atoms with Gasteiger partial charge in [0.15, 0.2) is 0 Å². The number of carbonyl (C=O) groups is 1. The molecule has 0 radical (unpaired) electrons. The van der Waals surface area contributed by atoms with Gasteiger partial charge in [-0.2, -0.15) is 0 Å². The normalized spacial score (nSPS) is 12.2. The Kier molecular flexibility index (Phi) is 4.89. The number of hydrogen-bond acceptors (Lipinski definition) is 3. The van der Waals surface area contributed by atoms with Gasteiger partial charge in [0.2, 0.25) is 5.91 Å². The third-order valence-electron chi connectivity index (χ3n) is 2.22. The molecule has 3 N–H and O–H groups in total. The van der Waals surface area contributed by atoms with Crippen LogP contribution < -0.4 is 11.1 Å². The van der Waals surface area contributed by atoms with Crippen LogP contribution in [0.1, 0.15) is 25.3 Å². The van der Waals surface area contributed by atoms with Crippen LogP contribution in [-0.2, 0) is 4.79 Å². The summed E-state index contributed by atoms with van der Waals surface area (Å²) in [5.74, 6) is -0.162. The van der Waals surface area contributed by atoms with E-state index in [1.165, 1.54) is 0 Å². The molecule has 0 aromatic carbocycles. The molecule has 0 saturated carbocycles. The highest BCUT2D eigenvalue weighted by Crippen LogP contribution is 2.16. The van der Waals surface area contributed by atoms with Crippen molar-refractivity contribution in [1.29, 1.82) is 0 Å². The lowest BCUT2D eigenvalue weighted by molar-refractivity contribution is -0.117. The van der Waals surface area contributed by atoms with Crippen LogP contribution >= 0.6 is 15.9 Å². The maximum atomic E-state index is 11.6. The van der Waals surface area contributed by atoms with Gasteiger partial charge in [0.25, 0.3) is 0 Å². The van der Waals surface area contributed by atoms with E-state index in [1.807, 2.05) is 19.9 Å². The third-order valence-corrected chi connectivity index (χ3v) is 3.05. The zero-order chi connectivity index (χ0) is 12.1. The first-order valence-electron chi connectivity index (χ1n) is 5.23. The van der Waals surface area contributed by atoms with E-state index in [2.05, 4.69) is 26.2 Å². The molecule has 4 nitrogen and oxygen atoms in total. The second-order valence-corrected chi connectivity index (χ2v) is 4.47. The van der Waals surface area contributed by atoms with E-state index in [-0.39, 0.29) is 5.91 Å². The van der Waals surface area contributed by atoms with Crippen LogP contribution in [0.3, 0.4) is 0 Å². The minimum atomic E-state index is -0.450. The molecular weight excluding hydrogens is 270 g/mol. The molecular formula is C11H16BrN3O. The molecule has 1 amide bonds. The zero-order valence-corrected chi connectivity index (χ0v) is 11.0. The monoisotopic (exact) mass is 285 g/mol. The Bertz CT molecular complexity index is 381. The predicted octanol–water partition coefficient (Wildman–Crippen LogP) is 2.22. The first-order chi connectivity index (χ1) is 7.54.